The minimum Gasteiger partial charge on any atom is -0.326 e. The number of alkyl halides is 2. The summed E-state index contributed by atoms with van der Waals surface area (Å²) >= 11 is 24.8. The Bertz CT molecular complexity index is 1360. The van der Waals surface area contributed by atoms with E-state index >= 15 is 0 Å². The van der Waals surface area contributed by atoms with Gasteiger partial charge in [-0.1, -0.05) is 46.4 Å². The second kappa shape index (κ2) is 9.46. The van der Waals surface area contributed by atoms with E-state index < -0.39 is 60.0 Å². The molecule has 14 heteroatoms. The van der Waals surface area contributed by atoms with Crippen molar-refractivity contribution in [3.63, 3.8) is 0 Å². The van der Waals surface area contributed by atoms with Crippen LogP contribution < -0.4 is 10.6 Å². The van der Waals surface area contributed by atoms with Crippen LogP contribution in [0.5, 0.6) is 0 Å². The third-order valence-corrected chi connectivity index (χ3v) is 8.27. The summed E-state index contributed by atoms with van der Waals surface area (Å²) in [6, 6.07) is 5.89. The number of nitrogens with one attached hydrogen (secondary N) is 2. The molecule has 3 aliphatic heterocycles. The maximum Gasteiger partial charge on any atom is 0.262 e. The highest BCUT2D eigenvalue weighted by molar-refractivity contribution is 6.38. The van der Waals surface area contributed by atoms with Crippen molar-refractivity contribution in [1.29, 1.82) is 0 Å². The van der Waals surface area contributed by atoms with E-state index in [4.69, 9.17) is 51.2 Å². The Labute approximate surface area is 236 Å². The molecule has 0 aromatic heterocycles. The molecule has 2 aromatic rings. The fraction of sp³-hybridized carbons (Fsp3) is 0.375. The highest BCUT2D eigenvalue weighted by Crippen LogP contribution is 2.61. The van der Waals surface area contributed by atoms with E-state index in [9.17, 15) is 23.2 Å². The number of hydrogen-bond donors (Lipinski definition) is 2. The molecule has 2 saturated heterocycles. The van der Waals surface area contributed by atoms with Gasteiger partial charge < -0.3 is 10.6 Å². The first kappa shape index (κ1) is 27.4. The van der Waals surface area contributed by atoms with Crippen LogP contribution in [0.1, 0.15) is 12.0 Å². The van der Waals surface area contributed by atoms with Gasteiger partial charge in [-0.3, -0.25) is 24.1 Å². The van der Waals surface area contributed by atoms with Crippen molar-refractivity contribution in [2.24, 2.45) is 11.8 Å². The number of halogens is 6. The van der Waals surface area contributed by atoms with Crippen molar-refractivity contribution in [1.82, 2.24) is 9.96 Å². The van der Waals surface area contributed by atoms with Gasteiger partial charge in [-0.2, -0.15) is 0 Å². The Hall–Kier alpha value is -2.21. The molecule has 0 radical (unpaired) electrons. The lowest BCUT2D eigenvalue weighted by molar-refractivity contribution is -0.180. The van der Waals surface area contributed by atoms with Crippen molar-refractivity contribution in [2.45, 2.75) is 23.9 Å². The highest BCUT2D eigenvalue weighted by Gasteiger charge is 2.74. The molecule has 3 aliphatic rings. The number of benzene rings is 2. The Morgan fingerprint density at radius 1 is 1.11 bits per heavy atom. The molecule has 3 amide bonds. The number of fused-ring (bicyclic) bond motifs is 4. The number of hydrogen-bond acceptors (Lipinski definition) is 5. The van der Waals surface area contributed by atoms with Gasteiger partial charge in [0.25, 0.3) is 17.7 Å². The van der Waals surface area contributed by atoms with Crippen molar-refractivity contribution in [3.05, 3.63) is 56.0 Å². The summed E-state index contributed by atoms with van der Waals surface area (Å²) in [5, 5.41) is 6.78. The van der Waals surface area contributed by atoms with E-state index in [1.165, 1.54) is 49.4 Å². The highest BCUT2D eigenvalue weighted by atomic mass is 35.5. The first-order valence-corrected chi connectivity index (χ1v) is 12.9. The zero-order valence-corrected chi connectivity index (χ0v) is 22.9. The van der Waals surface area contributed by atoms with Gasteiger partial charge in [-0.15, -0.1) is 0 Å². The van der Waals surface area contributed by atoms with Crippen LogP contribution in [0, 0.1) is 11.8 Å². The fourth-order valence-corrected chi connectivity index (χ4v) is 7.00. The second-order valence-electron chi connectivity index (χ2n) is 9.46. The molecule has 1 spiro atoms. The van der Waals surface area contributed by atoms with Gasteiger partial charge in [-0.25, -0.2) is 13.8 Å². The minimum atomic E-state index is -3.25. The van der Waals surface area contributed by atoms with Crippen LogP contribution in [0.25, 0.3) is 0 Å². The molecule has 0 unspecified atom stereocenters. The standard InChI is InChI=1S/C24H20Cl4F2N4O4/c1-33(38-2)21(36)18-17(20(35)31-13-4-10(25)3-11(26)5-13)16-8-23(29,30)9-34(16)24(18)14-6-12(27)7-15(28)19(14)32-22(24)37/h3-7,16-18H,8-9H2,1-2H3,(H,31,35)(H,32,37)/t16-,17+,18-,24+/m1/s1. The van der Waals surface area contributed by atoms with Crippen molar-refractivity contribution < 1.29 is 28.0 Å². The topological polar surface area (TPSA) is 91.0 Å². The van der Waals surface area contributed by atoms with Gasteiger partial charge in [-0.05, 0) is 30.3 Å². The van der Waals surface area contributed by atoms with E-state index in [1.807, 2.05) is 0 Å². The molecule has 38 heavy (non-hydrogen) atoms. The van der Waals surface area contributed by atoms with Gasteiger partial charge in [0.15, 0.2) is 0 Å². The van der Waals surface area contributed by atoms with Crippen LogP contribution in [0.2, 0.25) is 20.1 Å². The van der Waals surface area contributed by atoms with Gasteiger partial charge >= 0.3 is 0 Å². The molecule has 0 bridgehead atoms. The van der Waals surface area contributed by atoms with Crippen LogP contribution in [0.4, 0.5) is 20.2 Å². The minimum absolute atomic E-state index is 0.0630. The lowest BCUT2D eigenvalue weighted by Crippen LogP contribution is -2.56. The normalized spacial score (nSPS) is 27.3. The Balaban J connectivity index is 1.72. The van der Waals surface area contributed by atoms with Crippen molar-refractivity contribution >= 4 is 75.5 Å². The number of carbonyl (C=O) groups excluding carboxylic acids is 3. The molecule has 8 nitrogen and oxygen atoms in total. The van der Waals surface area contributed by atoms with Crippen molar-refractivity contribution in [3.8, 4) is 0 Å². The molecular weight excluding hydrogens is 588 g/mol. The largest absolute Gasteiger partial charge is 0.326 e. The first-order chi connectivity index (χ1) is 17.8. The monoisotopic (exact) mass is 606 g/mol. The van der Waals surface area contributed by atoms with Gasteiger partial charge in [0.1, 0.15) is 5.54 Å². The van der Waals surface area contributed by atoms with E-state index in [0.29, 0.717) is 0 Å². The lowest BCUT2D eigenvalue weighted by atomic mass is 9.73. The van der Waals surface area contributed by atoms with Crippen molar-refractivity contribution in [2.75, 3.05) is 31.3 Å². The zero-order valence-electron chi connectivity index (χ0n) is 19.8. The van der Waals surface area contributed by atoms with Gasteiger partial charge in [0, 0.05) is 45.8 Å². The summed E-state index contributed by atoms with van der Waals surface area (Å²) < 4.78 is 29.9. The summed E-state index contributed by atoms with van der Waals surface area (Å²) in [6.45, 7) is -0.873. The fourth-order valence-electron chi connectivity index (χ4n) is 5.94. The number of anilines is 2. The summed E-state index contributed by atoms with van der Waals surface area (Å²) in [4.78, 5) is 47.9. The SMILES string of the molecule is CON(C)C(=O)[C@H]1[C@@H](C(=O)Nc2cc(Cl)cc(Cl)c2)[C@H]2CC(F)(F)CN2[C@]12C(=O)Nc1c(Cl)cc(Cl)cc12. The quantitative estimate of drug-likeness (QED) is 0.474. The number of rotatable bonds is 4. The Kier molecular flexibility index (Phi) is 6.81. The van der Waals surface area contributed by atoms with E-state index in [0.717, 1.165) is 5.06 Å². The molecule has 2 fully saturated rings. The van der Waals surface area contributed by atoms with Gasteiger partial charge in [0.05, 0.1) is 36.2 Å². The summed E-state index contributed by atoms with van der Waals surface area (Å²) in [7, 11) is 2.53. The Morgan fingerprint density at radius 2 is 1.74 bits per heavy atom. The van der Waals surface area contributed by atoms with E-state index in [1.54, 1.807) is 0 Å². The van der Waals surface area contributed by atoms with Crippen LogP contribution >= 0.6 is 46.4 Å². The van der Waals surface area contributed by atoms with Crippen LogP contribution in [-0.2, 0) is 24.8 Å². The lowest BCUT2D eigenvalue weighted by Gasteiger charge is -2.37. The third-order valence-electron chi connectivity index (χ3n) is 7.32. The zero-order chi connectivity index (χ0) is 27.7. The third kappa shape index (κ3) is 4.13. The van der Waals surface area contributed by atoms with Crippen LogP contribution in [0.3, 0.4) is 0 Å². The number of amides is 3. The molecular formula is C24H20Cl4F2N4O4. The predicted octanol–water partition coefficient (Wildman–Crippen LogP) is 5.06. The number of hydroxylamine groups is 2. The maximum absolute atomic E-state index is 15.0. The summed E-state index contributed by atoms with van der Waals surface area (Å²) in [6.07, 6.45) is -0.763. The number of carbonyl (C=O) groups is 3. The Morgan fingerprint density at radius 3 is 2.37 bits per heavy atom. The van der Waals surface area contributed by atoms with Gasteiger partial charge in [0.2, 0.25) is 5.91 Å². The van der Waals surface area contributed by atoms with E-state index in [-0.39, 0.29) is 37.0 Å². The smallest absolute Gasteiger partial charge is 0.262 e. The molecule has 2 N–H and O–H groups in total. The second-order valence-corrected chi connectivity index (χ2v) is 11.2. The maximum atomic E-state index is 15.0. The molecule has 5 rings (SSSR count). The molecule has 0 saturated carbocycles. The average Bonchev–Trinajstić information content (AvgIpc) is 3.38. The van der Waals surface area contributed by atoms with Crippen LogP contribution in [-0.4, -0.2) is 60.4 Å². The van der Waals surface area contributed by atoms with Crippen LogP contribution in [0.15, 0.2) is 30.3 Å². The molecule has 4 atom stereocenters. The molecule has 2 aromatic carbocycles. The molecule has 3 heterocycles. The molecule has 202 valence electrons. The average molecular weight is 608 g/mol. The van der Waals surface area contributed by atoms with E-state index in [2.05, 4.69) is 10.6 Å². The number of nitrogens with zero attached hydrogens (tertiary/aromatic N) is 2. The summed E-state index contributed by atoms with van der Waals surface area (Å²) in [5.41, 5.74) is -1.56. The first-order valence-electron chi connectivity index (χ1n) is 11.3. The summed E-state index contributed by atoms with van der Waals surface area (Å²) in [5.74, 6) is -8.47. The predicted molar refractivity (Wildman–Crippen MR) is 139 cm³/mol. The molecule has 0 aliphatic carbocycles.